The van der Waals surface area contributed by atoms with Gasteiger partial charge >= 0.3 is 0 Å². The molecule has 0 saturated heterocycles. The summed E-state index contributed by atoms with van der Waals surface area (Å²) >= 11 is 0. The van der Waals surface area contributed by atoms with Gasteiger partial charge in [-0.2, -0.15) is 4.98 Å². The van der Waals surface area contributed by atoms with E-state index in [9.17, 15) is 0 Å². The first-order chi connectivity index (χ1) is 9.13. The van der Waals surface area contributed by atoms with Crippen LogP contribution in [0.1, 0.15) is 11.1 Å². The van der Waals surface area contributed by atoms with Crippen LogP contribution in [0.2, 0.25) is 0 Å². The Hall–Kier alpha value is -2.34. The second-order valence-corrected chi connectivity index (χ2v) is 4.18. The summed E-state index contributed by atoms with van der Waals surface area (Å²) < 4.78 is 5.18. The topological polar surface area (TPSA) is 85.1 Å². The van der Waals surface area contributed by atoms with Crippen LogP contribution in [0, 0.1) is 13.8 Å². The Labute approximate surface area is 112 Å². The smallest absolute Gasteiger partial charge is 0.239 e. The van der Waals surface area contributed by atoms with Crippen molar-refractivity contribution in [3.05, 3.63) is 35.5 Å². The van der Waals surface area contributed by atoms with Gasteiger partial charge in [-0.05, 0) is 37.6 Å². The quantitative estimate of drug-likeness (QED) is 0.576. The van der Waals surface area contributed by atoms with Crippen LogP contribution < -0.4 is 21.3 Å². The van der Waals surface area contributed by atoms with Crippen molar-refractivity contribution in [2.45, 2.75) is 13.8 Å². The molecule has 4 N–H and O–H groups in total. The van der Waals surface area contributed by atoms with Gasteiger partial charge in [-0.15, -0.1) is 0 Å². The van der Waals surface area contributed by atoms with Gasteiger partial charge in [0, 0.05) is 17.4 Å². The van der Waals surface area contributed by atoms with Crippen molar-refractivity contribution in [3.63, 3.8) is 0 Å². The van der Waals surface area contributed by atoms with E-state index in [-0.39, 0.29) is 0 Å². The van der Waals surface area contributed by atoms with Crippen molar-refractivity contribution in [2.24, 2.45) is 5.84 Å². The first-order valence-corrected chi connectivity index (χ1v) is 5.86. The Kier molecular flexibility index (Phi) is 3.82. The molecule has 100 valence electrons. The molecule has 0 aliphatic heterocycles. The van der Waals surface area contributed by atoms with Gasteiger partial charge in [0.1, 0.15) is 11.6 Å². The van der Waals surface area contributed by atoms with Crippen molar-refractivity contribution in [2.75, 3.05) is 17.9 Å². The van der Waals surface area contributed by atoms with Crippen LogP contribution in [0.5, 0.6) is 5.75 Å². The Morgan fingerprint density at radius 2 is 2.00 bits per heavy atom. The minimum Gasteiger partial charge on any atom is -0.497 e. The molecule has 1 aromatic heterocycles. The highest BCUT2D eigenvalue weighted by atomic mass is 16.5. The zero-order valence-corrected chi connectivity index (χ0v) is 11.2. The third-order valence-electron chi connectivity index (χ3n) is 2.79. The zero-order valence-electron chi connectivity index (χ0n) is 11.2. The van der Waals surface area contributed by atoms with E-state index >= 15 is 0 Å². The predicted octanol–water partition coefficient (Wildman–Crippen LogP) is 2.13. The molecule has 0 bridgehead atoms. The monoisotopic (exact) mass is 259 g/mol. The second-order valence-electron chi connectivity index (χ2n) is 4.18. The number of aryl methyl sites for hydroxylation is 2. The molecule has 0 saturated carbocycles. The van der Waals surface area contributed by atoms with E-state index in [4.69, 9.17) is 10.6 Å². The number of aromatic nitrogens is 2. The lowest BCUT2D eigenvalue weighted by Crippen LogP contribution is -2.11. The molecule has 19 heavy (non-hydrogen) atoms. The van der Waals surface area contributed by atoms with E-state index in [0.29, 0.717) is 5.95 Å². The van der Waals surface area contributed by atoms with E-state index in [1.54, 1.807) is 13.3 Å². The van der Waals surface area contributed by atoms with Gasteiger partial charge in [-0.25, -0.2) is 10.8 Å². The second kappa shape index (κ2) is 5.53. The molecule has 2 rings (SSSR count). The summed E-state index contributed by atoms with van der Waals surface area (Å²) in [7, 11) is 1.65. The maximum atomic E-state index is 5.31. The number of hydrogen-bond donors (Lipinski definition) is 3. The number of methoxy groups -OCH3 is 1. The fourth-order valence-electron chi connectivity index (χ4n) is 1.67. The fraction of sp³-hybridized carbons (Fsp3) is 0.231. The van der Waals surface area contributed by atoms with Crippen LogP contribution in [0.15, 0.2) is 24.4 Å². The number of nitrogens with zero attached hydrogens (tertiary/aromatic N) is 2. The number of hydrogen-bond acceptors (Lipinski definition) is 6. The number of hydrazine groups is 1. The lowest BCUT2D eigenvalue weighted by atomic mass is 10.2. The number of nitrogens with one attached hydrogen (secondary N) is 2. The lowest BCUT2D eigenvalue weighted by Gasteiger charge is -2.12. The first-order valence-electron chi connectivity index (χ1n) is 5.86. The van der Waals surface area contributed by atoms with Gasteiger partial charge in [0.15, 0.2) is 0 Å². The number of benzene rings is 1. The largest absolute Gasteiger partial charge is 0.497 e. The molecule has 0 aliphatic carbocycles. The van der Waals surface area contributed by atoms with Gasteiger partial charge in [-0.3, -0.25) is 5.43 Å². The number of ether oxygens (including phenoxy) is 1. The third-order valence-corrected chi connectivity index (χ3v) is 2.79. The number of anilines is 3. The van der Waals surface area contributed by atoms with Crippen molar-refractivity contribution >= 4 is 17.5 Å². The van der Waals surface area contributed by atoms with Crippen LogP contribution >= 0.6 is 0 Å². The van der Waals surface area contributed by atoms with E-state index in [0.717, 1.165) is 28.4 Å². The van der Waals surface area contributed by atoms with Crippen LogP contribution in [0.25, 0.3) is 0 Å². The van der Waals surface area contributed by atoms with Crippen LogP contribution in [0.3, 0.4) is 0 Å². The molecule has 0 spiro atoms. The summed E-state index contributed by atoms with van der Waals surface area (Å²) in [5.74, 6) is 7.23. The Morgan fingerprint density at radius 3 is 2.63 bits per heavy atom. The maximum Gasteiger partial charge on any atom is 0.239 e. The minimum absolute atomic E-state index is 0.374. The molecule has 0 atom stereocenters. The number of nitrogen functional groups attached to an aromatic ring is 1. The Balaban J connectivity index is 2.30. The van der Waals surface area contributed by atoms with E-state index < -0.39 is 0 Å². The van der Waals surface area contributed by atoms with Gasteiger partial charge in [0.2, 0.25) is 5.95 Å². The third kappa shape index (κ3) is 2.92. The maximum absolute atomic E-state index is 5.31. The van der Waals surface area contributed by atoms with Crippen molar-refractivity contribution in [3.8, 4) is 5.75 Å². The van der Waals surface area contributed by atoms with Crippen molar-refractivity contribution in [1.82, 2.24) is 9.97 Å². The first kappa shape index (κ1) is 13.1. The number of rotatable bonds is 4. The predicted molar refractivity (Wildman–Crippen MR) is 75.6 cm³/mol. The fourth-order valence-corrected chi connectivity index (χ4v) is 1.67. The molecule has 0 fully saturated rings. The molecular weight excluding hydrogens is 242 g/mol. The van der Waals surface area contributed by atoms with Gasteiger partial charge in [0.05, 0.1) is 7.11 Å². The molecular formula is C13H17N5O. The minimum atomic E-state index is 0.374. The van der Waals surface area contributed by atoms with E-state index in [1.165, 1.54) is 0 Å². The highest BCUT2D eigenvalue weighted by Gasteiger charge is 2.06. The molecule has 0 unspecified atom stereocenters. The highest BCUT2D eigenvalue weighted by molar-refractivity contribution is 5.64. The standard InChI is InChI=1S/C13H17N5O/c1-8-6-10(19-3)4-5-11(8)16-12-9(2)7-15-13(17-12)18-14/h4-7H,14H2,1-3H3,(H2,15,16,17,18). The molecule has 1 aromatic carbocycles. The van der Waals surface area contributed by atoms with Crippen LogP contribution in [-0.4, -0.2) is 17.1 Å². The average molecular weight is 259 g/mol. The van der Waals surface area contributed by atoms with Crippen LogP contribution in [-0.2, 0) is 0 Å². The molecule has 0 radical (unpaired) electrons. The Morgan fingerprint density at radius 1 is 1.21 bits per heavy atom. The summed E-state index contributed by atoms with van der Waals surface area (Å²) in [6.07, 6.45) is 1.71. The zero-order chi connectivity index (χ0) is 13.8. The van der Waals surface area contributed by atoms with Crippen LogP contribution in [0.4, 0.5) is 17.5 Å². The molecule has 6 nitrogen and oxygen atoms in total. The molecule has 0 amide bonds. The summed E-state index contributed by atoms with van der Waals surface area (Å²) in [6.45, 7) is 3.94. The van der Waals surface area contributed by atoms with E-state index in [2.05, 4.69) is 20.7 Å². The van der Waals surface area contributed by atoms with E-state index in [1.807, 2.05) is 32.0 Å². The number of nitrogens with two attached hydrogens (primary N) is 1. The van der Waals surface area contributed by atoms with Gasteiger partial charge < -0.3 is 10.1 Å². The average Bonchev–Trinajstić information content (AvgIpc) is 2.43. The van der Waals surface area contributed by atoms with Gasteiger partial charge in [0.25, 0.3) is 0 Å². The normalized spacial score (nSPS) is 10.1. The van der Waals surface area contributed by atoms with Crippen molar-refractivity contribution < 1.29 is 4.74 Å². The molecule has 2 aromatic rings. The lowest BCUT2D eigenvalue weighted by molar-refractivity contribution is 0.414. The summed E-state index contributed by atoms with van der Waals surface area (Å²) in [5, 5.41) is 3.26. The molecule has 0 aliphatic rings. The van der Waals surface area contributed by atoms with Gasteiger partial charge in [-0.1, -0.05) is 0 Å². The Bertz CT molecular complexity index is 585. The summed E-state index contributed by atoms with van der Waals surface area (Å²) in [4.78, 5) is 8.32. The summed E-state index contributed by atoms with van der Waals surface area (Å²) in [6, 6.07) is 5.81. The molecule has 6 heteroatoms. The SMILES string of the molecule is COc1ccc(Nc2nc(NN)ncc2C)c(C)c1. The summed E-state index contributed by atoms with van der Waals surface area (Å²) in [5.41, 5.74) is 5.40. The van der Waals surface area contributed by atoms with Crippen molar-refractivity contribution in [1.29, 1.82) is 0 Å². The molecule has 1 heterocycles. The highest BCUT2D eigenvalue weighted by Crippen LogP contribution is 2.25.